The van der Waals surface area contributed by atoms with Crippen molar-refractivity contribution in [2.45, 2.75) is 32.0 Å². The predicted molar refractivity (Wildman–Crippen MR) is 58.0 cm³/mol. The van der Waals surface area contributed by atoms with Gasteiger partial charge in [0.2, 0.25) is 5.91 Å². The summed E-state index contributed by atoms with van der Waals surface area (Å²) in [6.45, 7) is 3.47. The van der Waals surface area contributed by atoms with Crippen LogP contribution in [-0.4, -0.2) is 54.2 Å². The summed E-state index contributed by atoms with van der Waals surface area (Å²) >= 11 is 0. The third kappa shape index (κ3) is 6.43. The molecule has 0 aromatic rings. The number of nitrogens with one attached hydrogen (secondary N) is 1. The van der Waals surface area contributed by atoms with Gasteiger partial charge in [0.05, 0.1) is 0 Å². The molecular weight excluding hydrogens is 253 g/mol. The first-order valence-electron chi connectivity index (χ1n) is 5.41. The molecule has 0 aromatic carbocycles. The van der Waals surface area contributed by atoms with Crippen LogP contribution in [0, 0.1) is 0 Å². The van der Waals surface area contributed by atoms with Crippen LogP contribution >= 0.6 is 0 Å². The van der Waals surface area contributed by atoms with E-state index in [1.54, 1.807) is 6.92 Å². The summed E-state index contributed by atoms with van der Waals surface area (Å²) in [5.74, 6) is -2.55. The number of carboxylic acids is 1. The molecule has 0 radical (unpaired) electrons. The van der Waals surface area contributed by atoms with E-state index in [4.69, 9.17) is 9.90 Å². The maximum Gasteiger partial charge on any atom is 0.490 e. The Bertz CT molecular complexity index is 287. The second kappa shape index (κ2) is 7.20. The lowest BCUT2D eigenvalue weighted by Crippen LogP contribution is -2.43. The summed E-state index contributed by atoms with van der Waals surface area (Å²) in [5, 5.41) is 10.4. The first-order chi connectivity index (χ1) is 8.18. The fourth-order valence-electron chi connectivity index (χ4n) is 1.48. The van der Waals surface area contributed by atoms with Gasteiger partial charge in [-0.25, -0.2) is 4.79 Å². The maximum atomic E-state index is 10.9. The Hall–Kier alpha value is -1.31. The SMILES string of the molecule is CNC1CCN(C(C)=O)CC1.O=C(O)C(F)(F)F. The van der Waals surface area contributed by atoms with Gasteiger partial charge in [-0.15, -0.1) is 0 Å². The molecule has 0 unspecified atom stereocenters. The standard InChI is InChI=1S/C8H16N2O.C2HF3O2/c1-7(11)10-5-3-8(9-2)4-6-10;3-2(4,5)1(6)7/h8-9H,3-6H2,1-2H3;(H,6,7). The van der Waals surface area contributed by atoms with Crippen LogP contribution in [0.1, 0.15) is 19.8 Å². The Morgan fingerprint density at radius 1 is 1.28 bits per heavy atom. The fourth-order valence-corrected chi connectivity index (χ4v) is 1.48. The zero-order valence-electron chi connectivity index (χ0n) is 10.3. The Balaban J connectivity index is 0.000000360. The van der Waals surface area contributed by atoms with E-state index < -0.39 is 12.1 Å². The van der Waals surface area contributed by atoms with Gasteiger partial charge < -0.3 is 15.3 Å². The van der Waals surface area contributed by atoms with Gasteiger partial charge in [-0.05, 0) is 19.9 Å². The smallest absolute Gasteiger partial charge is 0.475 e. The van der Waals surface area contributed by atoms with Crippen molar-refractivity contribution < 1.29 is 27.9 Å². The van der Waals surface area contributed by atoms with Gasteiger partial charge in [-0.1, -0.05) is 0 Å². The lowest BCUT2D eigenvalue weighted by Gasteiger charge is -2.30. The highest BCUT2D eigenvalue weighted by Gasteiger charge is 2.38. The Labute approximate surface area is 103 Å². The monoisotopic (exact) mass is 270 g/mol. The van der Waals surface area contributed by atoms with Crippen molar-refractivity contribution in [3.05, 3.63) is 0 Å². The van der Waals surface area contributed by atoms with Crippen LogP contribution in [-0.2, 0) is 9.59 Å². The second-order valence-corrected chi connectivity index (χ2v) is 3.87. The minimum atomic E-state index is -5.08. The van der Waals surface area contributed by atoms with Crippen molar-refractivity contribution in [1.29, 1.82) is 0 Å². The largest absolute Gasteiger partial charge is 0.490 e. The van der Waals surface area contributed by atoms with E-state index in [-0.39, 0.29) is 5.91 Å². The van der Waals surface area contributed by atoms with Crippen molar-refractivity contribution in [3.8, 4) is 0 Å². The van der Waals surface area contributed by atoms with E-state index in [1.807, 2.05) is 11.9 Å². The average molecular weight is 270 g/mol. The number of rotatable bonds is 1. The lowest BCUT2D eigenvalue weighted by atomic mass is 10.1. The Morgan fingerprint density at radius 3 is 1.89 bits per heavy atom. The number of halogens is 3. The van der Waals surface area contributed by atoms with E-state index in [2.05, 4.69) is 5.32 Å². The molecule has 2 N–H and O–H groups in total. The molecule has 1 saturated heterocycles. The molecule has 1 aliphatic rings. The van der Waals surface area contributed by atoms with Gasteiger partial charge in [0, 0.05) is 26.1 Å². The molecule has 5 nitrogen and oxygen atoms in total. The minimum absolute atomic E-state index is 0.208. The van der Waals surface area contributed by atoms with Crippen LogP contribution in [0.5, 0.6) is 0 Å². The van der Waals surface area contributed by atoms with Crippen molar-refractivity contribution in [3.63, 3.8) is 0 Å². The van der Waals surface area contributed by atoms with Gasteiger partial charge >= 0.3 is 12.1 Å². The molecule has 1 amide bonds. The number of piperidine rings is 1. The number of hydrogen-bond donors (Lipinski definition) is 2. The van der Waals surface area contributed by atoms with Crippen molar-refractivity contribution in [1.82, 2.24) is 10.2 Å². The molecule has 0 saturated carbocycles. The molecule has 0 atom stereocenters. The molecule has 1 heterocycles. The molecule has 106 valence electrons. The predicted octanol–water partition coefficient (Wildman–Crippen LogP) is 0.850. The molecule has 18 heavy (non-hydrogen) atoms. The molecular formula is C10H17F3N2O3. The minimum Gasteiger partial charge on any atom is -0.475 e. The van der Waals surface area contributed by atoms with E-state index >= 15 is 0 Å². The van der Waals surface area contributed by atoms with Crippen molar-refractivity contribution >= 4 is 11.9 Å². The summed E-state index contributed by atoms with van der Waals surface area (Å²) < 4.78 is 31.7. The fraction of sp³-hybridized carbons (Fsp3) is 0.800. The molecule has 8 heteroatoms. The number of likely N-dealkylation sites (tertiary alicyclic amines) is 1. The molecule has 1 rings (SSSR count). The van der Waals surface area contributed by atoms with E-state index in [0.717, 1.165) is 25.9 Å². The topological polar surface area (TPSA) is 69.6 Å². The number of alkyl halides is 3. The number of carbonyl (C=O) groups excluding carboxylic acids is 1. The molecule has 0 spiro atoms. The zero-order chi connectivity index (χ0) is 14.3. The highest BCUT2D eigenvalue weighted by molar-refractivity contribution is 5.73. The van der Waals surface area contributed by atoms with Crippen molar-refractivity contribution in [2.75, 3.05) is 20.1 Å². The van der Waals surface area contributed by atoms with Crippen LogP contribution < -0.4 is 5.32 Å². The average Bonchev–Trinajstić information content (AvgIpc) is 2.28. The number of hydrogen-bond acceptors (Lipinski definition) is 3. The van der Waals surface area contributed by atoms with E-state index in [1.165, 1.54) is 0 Å². The highest BCUT2D eigenvalue weighted by atomic mass is 19.4. The molecule has 1 fully saturated rings. The van der Waals surface area contributed by atoms with Gasteiger partial charge in [-0.3, -0.25) is 4.79 Å². The van der Waals surface area contributed by atoms with Crippen LogP contribution in [0.15, 0.2) is 0 Å². The van der Waals surface area contributed by atoms with Crippen molar-refractivity contribution in [2.24, 2.45) is 0 Å². The number of amides is 1. The molecule has 0 aromatic heterocycles. The summed E-state index contributed by atoms with van der Waals surface area (Å²) in [4.78, 5) is 21.7. The zero-order valence-corrected chi connectivity index (χ0v) is 10.3. The Morgan fingerprint density at radius 2 is 1.67 bits per heavy atom. The summed E-state index contributed by atoms with van der Waals surface area (Å²) in [5.41, 5.74) is 0. The summed E-state index contributed by atoms with van der Waals surface area (Å²) in [6.07, 6.45) is -2.90. The van der Waals surface area contributed by atoms with Crippen LogP contribution in [0.2, 0.25) is 0 Å². The normalized spacial score (nSPS) is 16.8. The molecule has 1 aliphatic heterocycles. The summed E-state index contributed by atoms with van der Waals surface area (Å²) in [7, 11) is 1.98. The first kappa shape index (κ1) is 16.7. The maximum absolute atomic E-state index is 10.9. The number of aliphatic carboxylic acids is 1. The third-order valence-electron chi connectivity index (χ3n) is 2.59. The van der Waals surface area contributed by atoms with Crippen LogP contribution in [0.4, 0.5) is 13.2 Å². The van der Waals surface area contributed by atoms with Gasteiger partial charge in [0.1, 0.15) is 0 Å². The van der Waals surface area contributed by atoms with Gasteiger partial charge in [0.15, 0.2) is 0 Å². The van der Waals surface area contributed by atoms with Gasteiger partial charge in [0.25, 0.3) is 0 Å². The van der Waals surface area contributed by atoms with Gasteiger partial charge in [-0.2, -0.15) is 13.2 Å². The van der Waals surface area contributed by atoms with Crippen LogP contribution in [0.25, 0.3) is 0 Å². The Kier molecular flexibility index (Phi) is 6.67. The van der Waals surface area contributed by atoms with E-state index in [0.29, 0.717) is 6.04 Å². The number of carboxylic acid groups (broad SMARTS) is 1. The summed E-state index contributed by atoms with van der Waals surface area (Å²) in [6, 6.07) is 0.616. The molecule has 0 bridgehead atoms. The quantitative estimate of drug-likeness (QED) is 0.741. The molecule has 0 aliphatic carbocycles. The number of carbonyl (C=O) groups is 2. The third-order valence-corrected chi connectivity index (χ3v) is 2.59. The first-order valence-corrected chi connectivity index (χ1v) is 5.41. The van der Waals surface area contributed by atoms with E-state index in [9.17, 15) is 18.0 Å². The lowest BCUT2D eigenvalue weighted by molar-refractivity contribution is -0.192. The number of nitrogens with zero attached hydrogens (tertiary/aromatic N) is 1. The van der Waals surface area contributed by atoms with Crippen LogP contribution in [0.3, 0.4) is 0 Å². The highest BCUT2D eigenvalue weighted by Crippen LogP contribution is 2.13. The second-order valence-electron chi connectivity index (χ2n) is 3.87.